The fraction of sp³-hybridized carbons (Fsp3) is 0.364. The smallest absolute Gasteiger partial charge is 0.251 e. The van der Waals surface area contributed by atoms with Gasteiger partial charge in [-0.05, 0) is 54.2 Å². The van der Waals surface area contributed by atoms with Gasteiger partial charge in [-0.15, -0.1) is 11.8 Å². The molecule has 0 saturated heterocycles. The summed E-state index contributed by atoms with van der Waals surface area (Å²) in [7, 11) is 0. The highest BCUT2D eigenvalue weighted by Crippen LogP contribution is 2.26. The molecule has 5 heteroatoms. The van der Waals surface area contributed by atoms with Crippen molar-refractivity contribution < 1.29 is 9.59 Å². The number of benzene rings is 2. The lowest BCUT2D eigenvalue weighted by molar-refractivity contribution is -0.113. The van der Waals surface area contributed by atoms with Gasteiger partial charge in [0.2, 0.25) is 5.91 Å². The largest absolute Gasteiger partial charge is 0.349 e. The number of carbonyl (C=O) groups is 2. The summed E-state index contributed by atoms with van der Waals surface area (Å²) >= 11 is 1.50. The molecule has 3 rings (SSSR count). The zero-order chi connectivity index (χ0) is 19.4. The molecule has 0 unspecified atom stereocenters. The van der Waals surface area contributed by atoms with Crippen LogP contribution in [0, 0.1) is 0 Å². The van der Waals surface area contributed by atoms with E-state index in [0.29, 0.717) is 23.0 Å². The van der Waals surface area contributed by atoms with Crippen LogP contribution in [0.2, 0.25) is 0 Å². The van der Waals surface area contributed by atoms with E-state index in [0.717, 1.165) is 17.7 Å². The molecule has 0 radical (unpaired) electrons. The number of hydrogen-bond acceptors (Lipinski definition) is 3. The summed E-state index contributed by atoms with van der Waals surface area (Å²) in [5.41, 5.74) is 2.62. The second kappa shape index (κ2) is 8.17. The molecule has 1 aliphatic rings. The van der Waals surface area contributed by atoms with E-state index in [2.05, 4.69) is 55.7 Å². The number of amides is 2. The fourth-order valence-electron chi connectivity index (χ4n) is 2.63. The monoisotopic (exact) mass is 382 g/mol. The van der Waals surface area contributed by atoms with Crippen molar-refractivity contribution in [2.24, 2.45) is 0 Å². The lowest BCUT2D eigenvalue weighted by atomic mass is 9.87. The molecule has 0 bridgehead atoms. The predicted octanol–water partition coefficient (Wildman–Crippen LogP) is 4.61. The molecule has 1 saturated carbocycles. The van der Waals surface area contributed by atoms with E-state index in [-0.39, 0.29) is 17.2 Å². The highest BCUT2D eigenvalue weighted by Gasteiger charge is 2.23. The van der Waals surface area contributed by atoms with Crippen LogP contribution in [0.1, 0.15) is 49.5 Å². The summed E-state index contributed by atoms with van der Waals surface area (Å²) in [6.07, 6.45) is 2.10. The van der Waals surface area contributed by atoms with Gasteiger partial charge in [-0.1, -0.05) is 39.0 Å². The second-order valence-electron chi connectivity index (χ2n) is 7.94. The summed E-state index contributed by atoms with van der Waals surface area (Å²) in [6, 6.07) is 15.7. The fourth-order valence-corrected chi connectivity index (χ4v) is 3.33. The second-order valence-corrected chi connectivity index (χ2v) is 8.99. The first kappa shape index (κ1) is 19.5. The van der Waals surface area contributed by atoms with Crippen LogP contribution in [0.25, 0.3) is 0 Å². The van der Waals surface area contributed by atoms with Gasteiger partial charge in [0.15, 0.2) is 0 Å². The number of anilines is 1. The van der Waals surface area contributed by atoms with Crippen LogP contribution < -0.4 is 10.6 Å². The first-order chi connectivity index (χ1) is 12.8. The van der Waals surface area contributed by atoms with E-state index in [1.807, 2.05) is 0 Å². The Morgan fingerprint density at radius 3 is 2.41 bits per heavy atom. The average molecular weight is 383 g/mol. The Labute approximate surface area is 165 Å². The maximum absolute atomic E-state index is 12.2. The lowest BCUT2D eigenvalue weighted by Gasteiger charge is -2.19. The molecule has 0 aliphatic heterocycles. The van der Waals surface area contributed by atoms with Gasteiger partial charge in [0.05, 0.1) is 5.75 Å². The first-order valence-electron chi connectivity index (χ1n) is 9.25. The van der Waals surface area contributed by atoms with E-state index in [4.69, 9.17) is 0 Å². The molecule has 0 aromatic heterocycles. The first-order valence-corrected chi connectivity index (χ1v) is 10.2. The molecule has 2 amide bonds. The van der Waals surface area contributed by atoms with Crippen molar-refractivity contribution >= 4 is 29.3 Å². The zero-order valence-electron chi connectivity index (χ0n) is 16.0. The highest BCUT2D eigenvalue weighted by atomic mass is 32.2. The maximum Gasteiger partial charge on any atom is 0.251 e. The molecule has 2 aromatic carbocycles. The minimum Gasteiger partial charge on any atom is -0.349 e. The van der Waals surface area contributed by atoms with Gasteiger partial charge >= 0.3 is 0 Å². The Kier molecular flexibility index (Phi) is 5.90. The molecule has 27 heavy (non-hydrogen) atoms. The minimum atomic E-state index is -0.0837. The normalized spacial score (nSPS) is 13.9. The van der Waals surface area contributed by atoms with Gasteiger partial charge in [-0.25, -0.2) is 0 Å². The number of rotatable bonds is 6. The molecule has 2 aromatic rings. The van der Waals surface area contributed by atoms with Crippen LogP contribution in [0.3, 0.4) is 0 Å². The Morgan fingerprint density at radius 1 is 1.07 bits per heavy atom. The molecule has 1 aliphatic carbocycles. The Balaban J connectivity index is 1.52. The van der Waals surface area contributed by atoms with Crippen molar-refractivity contribution in [1.29, 1.82) is 0 Å². The Bertz CT molecular complexity index is 821. The van der Waals surface area contributed by atoms with Gasteiger partial charge in [0, 0.05) is 22.2 Å². The van der Waals surface area contributed by atoms with Crippen LogP contribution in [-0.2, 0) is 10.2 Å². The lowest BCUT2D eigenvalue weighted by Crippen LogP contribution is -2.25. The third-order valence-corrected chi connectivity index (χ3v) is 5.42. The number of nitrogens with one attached hydrogen (secondary N) is 2. The third kappa shape index (κ3) is 5.86. The van der Waals surface area contributed by atoms with Crippen LogP contribution in [0.5, 0.6) is 0 Å². The molecule has 2 N–H and O–H groups in total. The molecule has 142 valence electrons. The summed E-state index contributed by atoms with van der Waals surface area (Å²) in [4.78, 5) is 25.4. The van der Waals surface area contributed by atoms with Crippen molar-refractivity contribution in [3.05, 3.63) is 59.7 Å². The summed E-state index contributed by atoms with van der Waals surface area (Å²) in [5.74, 6) is 0.162. The summed E-state index contributed by atoms with van der Waals surface area (Å²) in [6.45, 7) is 6.55. The van der Waals surface area contributed by atoms with Crippen molar-refractivity contribution in [3.8, 4) is 0 Å². The molecule has 0 heterocycles. The van der Waals surface area contributed by atoms with Crippen molar-refractivity contribution in [1.82, 2.24) is 5.32 Å². The summed E-state index contributed by atoms with van der Waals surface area (Å²) < 4.78 is 0. The van der Waals surface area contributed by atoms with Crippen LogP contribution >= 0.6 is 11.8 Å². The number of hydrogen-bond donors (Lipinski definition) is 2. The van der Waals surface area contributed by atoms with Gasteiger partial charge in [-0.2, -0.15) is 0 Å². The summed E-state index contributed by atoms with van der Waals surface area (Å²) in [5, 5.41) is 5.83. The van der Waals surface area contributed by atoms with E-state index in [9.17, 15) is 9.59 Å². The number of thioether (sulfide) groups is 1. The van der Waals surface area contributed by atoms with E-state index >= 15 is 0 Å². The average Bonchev–Trinajstić information content (AvgIpc) is 3.44. The molecule has 4 nitrogen and oxygen atoms in total. The Hall–Kier alpha value is -2.27. The van der Waals surface area contributed by atoms with Crippen LogP contribution in [0.4, 0.5) is 5.69 Å². The van der Waals surface area contributed by atoms with Gasteiger partial charge in [-0.3, -0.25) is 9.59 Å². The maximum atomic E-state index is 12.2. The van der Waals surface area contributed by atoms with Gasteiger partial charge in [0.1, 0.15) is 0 Å². The molecular formula is C22H26N2O2S. The van der Waals surface area contributed by atoms with Crippen molar-refractivity contribution in [2.45, 2.75) is 50.0 Å². The number of carbonyl (C=O) groups excluding carboxylic acids is 2. The minimum absolute atomic E-state index is 0.0816. The van der Waals surface area contributed by atoms with Crippen molar-refractivity contribution in [3.63, 3.8) is 0 Å². The molecular weight excluding hydrogens is 356 g/mol. The highest BCUT2D eigenvalue weighted by molar-refractivity contribution is 8.00. The van der Waals surface area contributed by atoms with E-state index in [1.54, 1.807) is 24.3 Å². The van der Waals surface area contributed by atoms with Crippen LogP contribution in [-0.4, -0.2) is 23.6 Å². The predicted molar refractivity (Wildman–Crippen MR) is 111 cm³/mol. The van der Waals surface area contributed by atoms with Gasteiger partial charge in [0.25, 0.3) is 5.91 Å². The van der Waals surface area contributed by atoms with Crippen molar-refractivity contribution in [2.75, 3.05) is 11.1 Å². The van der Waals surface area contributed by atoms with E-state index in [1.165, 1.54) is 17.3 Å². The zero-order valence-corrected chi connectivity index (χ0v) is 16.9. The quantitative estimate of drug-likeness (QED) is 0.718. The topological polar surface area (TPSA) is 58.2 Å². The SMILES string of the molecule is CC(C)(C)c1ccc(SCC(=O)Nc2cccc(C(=O)NC3CC3)c2)cc1. The van der Waals surface area contributed by atoms with Crippen LogP contribution in [0.15, 0.2) is 53.4 Å². The molecule has 1 fully saturated rings. The third-order valence-electron chi connectivity index (χ3n) is 4.41. The molecule has 0 spiro atoms. The Morgan fingerprint density at radius 2 is 1.78 bits per heavy atom. The standard InChI is InChI=1S/C22H26N2O2S/c1-22(2,3)16-7-11-19(12-8-16)27-14-20(25)23-18-6-4-5-15(13-18)21(26)24-17-9-10-17/h4-8,11-13,17H,9-10,14H2,1-3H3,(H,23,25)(H,24,26). The van der Waals surface area contributed by atoms with E-state index < -0.39 is 0 Å². The molecule has 0 atom stereocenters. The van der Waals surface area contributed by atoms with Gasteiger partial charge < -0.3 is 10.6 Å².